The standard InChI is InChI=1S/C10H11N2O2/c1-2-14-12-9(10(11)13)8-6-4-3-5-7-8/h3-7,11H,2H2,1H3. The fourth-order valence-electron chi connectivity index (χ4n) is 0.950. The molecule has 14 heavy (non-hydrogen) atoms. The number of hydrogen-bond donors (Lipinski definition) is 0. The molecule has 0 heterocycles. The van der Waals surface area contributed by atoms with Crippen LogP contribution in [-0.4, -0.2) is 18.2 Å². The van der Waals surface area contributed by atoms with E-state index in [0.29, 0.717) is 12.2 Å². The van der Waals surface area contributed by atoms with Crippen molar-refractivity contribution in [2.24, 2.45) is 5.16 Å². The molecular weight excluding hydrogens is 180 g/mol. The average Bonchev–Trinajstić information content (AvgIpc) is 2.19. The quantitative estimate of drug-likeness (QED) is 0.531. The first-order valence-electron chi connectivity index (χ1n) is 4.27. The Balaban J connectivity index is 2.95. The number of nitrogens with one attached hydrogen (secondary N) is 1. The maximum Gasteiger partial charge on any atom is 0.292 e. The molecule has 73 valence electrons. The van der Waals surface area contributed by atoms with Crippen LogP contribution in [0.5, 0.6) is 0 Å². The predicted molar refractivity (Wildman–Crippen MR) is 52.7 cm³/mol. The molecular formula is C10H11N2O2. The Morgan fingerprint density at radius 3 is 2.57 bits per heavy atom. The van der Waals surface area contributed by atoms with Gasteiger partial charge in [-0.25, -0.2) is 0 Å². The summed E-state index contributed by atoms with van der Waals surface area (Å²) in [7, 11) is 0. The molecule has 1 N–H and O–H groups in total. The van der Waals surface area contributed by atoms with Crippen molar-refractivity contribution in [1.29, 1.82) is 0 Å². The number of amides is 1. The lowest BCUT2D eigenvalue weighted by Gasteiger charge is -2.00. The Kier molecular flexibility index (Phi) is 3.67. The molecule has 1 radical (unpaired) electrons. The first kappa shape index (κ1) is 10.2. The van der Waals surface area contributed by atoms with Gasteiger partial charge in [-0.3, -0.25) is 10.5 Å². The minimum absolute atomic E-state index is 0.0347. The summed E-state index contributed by atoms with van der Waals surface area (Å²) in [6.07, 6.45) is 0. The molecule has 0 aliphatic rings. The Hall–Kier alpha value is -1.84. The Labute approximate surface area is 82.4 Å². The SMILES string of the molecule is CCON=C(C([NH])=O)c1ccccc1. The molecule has 1 aromatic rings. The third-order valence-electron chi connectivity index (χ3n) is 1.55. The Morgan fingerprint density at radius 1 is 1.43 bits per heavy atom. The van der Waals surface area contributed by atoms with Gasteiger partial charge in [0.2, 0.25) is 0 Å². The Morgan fingerprint density at radius 2 is 2.07 bits per heavy atom. The Bertz CT molecular complexity index is 333. The molecule has 1 aromatic carbocycles. The zero-order valence-electron chi connectivity index (χ0n) is 7.86. The minimum atomic E-state index is -0.843. The highest BCUT2D eigenvalue weighted by atomic mass is 16.6. The molecule has 0 spiro atoms. The second kappa shape index (κ2) is 5.01. The van der Waals surface area contributed by atoms with Gasteiger partial charge in [0.15, 0.2) is 5.71 Å². The van der Waals surface area contributed by atoms with Crippen LogP contribution in [-0.2, 0) is 9.63 Å². The number of hydrogen-bond acceptors (Lipinski definition) is 3. The van der Waals surface area contributed by atoms with Gasteiger partial charge in [-0.05, 0) is 6.92 Å². The fraction of sp³-hybridized carbons (Fsp3) is 0.200. The third-order valence-corrected chi connectivity index (χ3v) is 1.55. The summed E-state index contributed by atoms with van der Waals surface area (Å²) in [5, 5.41) is 3.59. The monoisotopic (exact) mass is 191 g/mol. The first-order chi connectivity index (χ1) is 6.75. The fourth-order valence-corrected chi connectivity index (χ4v) is 0.950. The van der Waals surface area contributed by atoms with Gasteiger partial charge < -0.3 is 4.84 Å². The van der Waals surface area contributed by atoms with E-state index in [9.17, 15) is 4.79 Å². The summed E-state index contributed by atoms with van der Waals surface area (Å²) >= 11 is 0. The van der Waals surface area contributed by atoms with Crippen molar-refractivity contribution in [2.45, 2.75) is 6.92 Å². The van der Waals surface area contributed by atoms with Crippen molar-refractivity contribution in [3.8, 4) is 0 Å². The van der Waals surface area contributed by atoms with Crippen LogP contribution in [0.4, 0.5) is 0 Å². The highest BCUT2D eigenvalue weighted by Crippen LogP contribution is 2.01. The molecule has 1 amide bonds. The number of carbonyl (C=O) groups excluding carboxylic acids is 1. The van der Waals surface area contributed by atoms with E-state index in [4.69, 9.17) is 10.6 Å². The van der Waals surface area contributed by atoms with Gasteiger partial charge in [0.05, 0.1) is 0 Å². The maximum atomic E-state index is 10.9. The van der Waals surface area contributed by atoms with Gasteiger partial charge >= 0.3 is 0 Å². The van der Waals surface area contributed by atoms with E-state index in [1.807, 2.05) is 6.07 Å². The summed E-state index contributed by atoms with van der Waals surface area (Å²) in [4.78, 5) is 15.7. The molecule has 0 unspecified atom stereocenters. The maximum absolute atomic E-state index is 10.9. The molecule has 0 fully saturated rings. The largest absolute Gasteiger partial charge is 0.395 e. The summed E-state index contributed by atoms with van der Waals surface area (Å²) in [6.45, 7) is 2.14. The number of oxime groups is 1. The third kappa shape index (κ3) is 2.58. The van der Waals surface area contributed by atoms with E-state index < -0.39 is 5.91 Å². The number of carbonyl (C=O) groups is 1. The van der Waals surface area contributed by atoms with Crippen LogP contribution < -0.4 is 5.73 Å². The molecule has 0 atom stereocenters. The first-order valence-corrected chi connectivity index (χ1v) is 4.27. The summed E-state index contributed by atoms with van der Waals surface area (Å²) in [5.74, 6) is -0.843. The summed E-state index contributed by atoms with van der Waals surface area (Å²) in [5.41, 5.74) is 7.63. The van der Waals surface area contributed by atoms with Crippen LogP contribution in [0, 0.1) is 0 Å². The lowest BCUT2D eigenvalue weighted by Crippen LogP contribution is -2.16. The molecule has 0 bridgehead atoms. The molecule has 0 aromatic heterocycles. The topological polar surface area (TPSA) is 62.5 Å². The van der Waals surface area contributed by atoms with Crippen LogP contribution in [0.1, 0.15) is 12.5 Å². The van der Waals surface area contributed by atoms with Crippen molar-refractivity contribution >= 4 is 11.6 Å². The van der Waals surface area contributed by atoms with Gasteiger partial charge in [0, 0.05) is 5.56 Å². The van der Waals surface area contributed by atoms with Gasteiger partial charge in [0.25, 0.3) is 5.91 Å². The zero-order valence-corrected chi connectivity index (χ0v) is 7.86. The van der Waals surface area contributed by atoms with Crippen LogP contribution in [0.25, 0.3) is 0 Å². The molecule has 0 saturated heterocycles. The normalized spacial score (nSPS) is 11.1. The molecule has 4 heteroatoms. The van der Waals surface area contributed by atoms with Crippen molar-refractivity contribution in [3.63, 3.8) is 0 Å². The smallest absolute Gasteiger partial charge is 0.292 e. The van der Waals surface area contributed by atoms with Gasteiger partial charge in [-0.2, -0.15) is 0 Å². The van der Waals surface area contributed by atoms with E-state index in [1.54, 1.807) is 31.2 Å². The minimum Gasteiger partial charge on any atom is -0.395 e. The van der Waals surface area contributed by atoms with Crippen LogP contribution >= 0.6 is 0 Å². The number of nitrogens with zero attached hydrogens (tertiary/aromatic N) is 1. The molecule has 4 nitrogen and oxygen atoms in total. The lowest BCUT2D eigenvalue weighted by molar-refractivity contribution is -0.112. The van der Waals surface area contributed by atoms with Crippen molar-refractivity contribution in [3.05, 3.63) is 35.9 Å². The van der Waals surface area contributed by atoms with Crippen LogP contribution in [0.2, 0.25) is 0 Å². The van der Waals surface area contributed by atoms with E-state index in [-0.39, 0.29) is 5.71 Å². The van der Waals surface area contributed by atoms with Crippen LogP contribution in [0.15, 0.2) is 35.5 Å². The highest BCUT2D eigenvalue weighted by Gasteiger charge is 2.10. The van der Waals surface area contributed by atoms with Crippen LogP contribution in [0.3, 0.4) is 0 Å². The van der Waals surface area contributed by atoms with Crippen molar-refractivity contribution < 1.29 is 9.63 Å². The predicted octanol–water partition coefficient (Wildman–Crippen LogP) is 1.24. The van der Waals surface area contributed by atoms with Gasteiger partial charge in [-0.1, -0.05) is 35.5 Å². The molecule has 1 rings (SSSR count). The second-order valence-electron chi connectivity index (χ2n) is 2.55. The van der Waals surface area contributed by atoms with E-state index in [2.05, 4.69) is 5.16 Å². The van der Waals surface area contributed by atoms with Crippen molar-refractivity contribution in [2.75, 3.05) is 6.61 Å². The van der Waals surface area contributed by atoms with Gasteiger partial charge in [-0.15, -0.1) is 0 Å². The number of rotatable bonds is 4. The highest BCUT2D eigenvalue weighted by molar-refractivity contribution is 6.44. The molecule has 0 saturated carbocycles. The second-order valence-corrected chi connectivity index (χ2v) is 2.55. The zero-order chi connectivity index (χ0) is 10.4. The van der Waals surface area contributed by atoms with Crippen molar-refractivity contribution in [1.82, 2.24) is 5.73 Å². The van der Waals surface area contributed by atoms with Gasteiger partial charge in [0.1, 0.15) is 6.61 Å². The van der Waals surface area contributed by atoms with E-state index in [1.165, 1.54) is 0 Å². The van der Waals surface area contributed by atoms with E-state index >= 15 is 0 Å². The average molecular weight is 191 g/mol. The number of benzene rings is 1. The lowest BCUT2D eigenvalue weighted by atomic mass is 10.1. The summed E-state index contributed by atoms with van der Waals surface area (Å²) in [6, 6.07) is 8.81. The summed E-state index contributed by atoms with van der Waals surface area (Å²) < 4.78 is 0. The molecule has 0 aliphatic heterocycles. The molecule has 0 aliphatic carbocycles. The van der Waals surface area contributed by atoms with E-state index in [0.717, 1.165) is 0 Å².